The number of hydrogen-bond donors (Lipinski definition) is 1. The van der Waals surface area contributed by atoms with E-state index in [1.54, 1.807) is 6.20 Å². The fourth-order valence-electron chi connectivity index (χ4n) is 3.84. The average Bonchev–Trinajstić information content (AvgIpc) is 3.58. The zero-order chi connectivity index (χ0) is 19.2. The highest BCUT2D eigenvalue weighted by molar-refractivity contribution is 5.81. The third kappa shape index (κ3) is 5.32. The lowest BCUT2D eigenvalue weighted by atomic mass is 10.0. The maximum absolute atomic E-state index is 13.0. The van der Waals surface area contributed by atoms with Gasteiger partial charge in [0.1, 0.15) is 0 Å². The first-order chi connectivity index (χ1) is 13.8. The van der Waals surface area contributed by atoms with Crippen LogP contribution in [0.3, 0.4) is 0 Å². The Morgan fingerprint density at radius 3 is 2.54 bits per heavy atom. The lowest BCUT2D eigenvalue weighted by Crippen LogP contribution is -2.48. The number of aromatic nitrogens is 1. The number of hydrogen-bond acceptors (Lipinski definition) is 4. The molecule has 5 nitrogen and oxygen atoms in total. The van der Waals surface area contributed by atoms with Gasteiger partial charge in [-0.1, -0.05) is 24.3 Å². The molecule has 0 atom stereocenters. The van der Waals surface area contributed by atoms with Crippen LogP contribution in [0.2, 0.25) is 0 Å². The molecule has 0 radical (unpaired) electrons. The van der Waals surface area contributed by atoms with Crippen molar-refractivity contribution in [1.82, 2.24) is 15.2 Å². The van der Waals surface area contributed by atoms with Gasteiger partial charge in [-0.3, -0.25) is 9.78 Å². The second-order valence-electron chi connectivity index (χ2n) is 8.06. The summed E-state index contributed by atoms with van der Waals surface area (Å²) in [6.07, 6.45) is 8.55. The Morgan fingerprint density at radius 1 is 1.07 bits per heavy atom. The lowest BCUT2D eigenvalue weighted by Gasteiger charge is -2.34. The van der Waals surface area contributed by atoms with E-state index in [1.807, 2.05) is 35.4 Å². The molecule has 1 saturated carbocycles. The van der Waals surface area contributed by atoms with Crippen LogP contribution in [-0.2, 0) is 11.3 Å². The summed E-state index contributed by atoms with van der Waals surface area (Å²) in [5, 5.41) is 3.69. The number of likely N-dealkylation sites (tertiary alicyclic amines) is 1. The molecule has 2 aromatic rings. The molecule has 1 amide bonds. The normalized spacial score (nSPS) is 17.5. The van der Waals surface area contributed by atoms with Crippen LogP contribution in [0.5, 0.6) is 0 Å². The highest BCUT2D eigenvalue weighted by Crippen LogP contribution is 2.28. The Hall–Kier alpha value is -2.40. The van der Waals surface area contributed by atoms with Gasteiger partial charge in [-0.2, -0.15) is 0 Å². The molecule has 0 unspecified atom stereocenters. The number of pyridine rings is 1. The number of nitrogens with one attached hydrogen (secondary N) is 1. The summed E-state index contributed by atoms with van der Waals surface area (Å²) in [7, 11) is 0. The lowest BCUT2D eigenvalue weighted by molar-refractivity contribution is -0.130. The molecule has 1 aliphatic heterocycles. The van der Waals surface area contributed by atoms with E-state index in [0.717, 1.165) is 49.6 Å². The van der Waals surface area contributed by atoms with Crippen LogP contribution >= 0.6 is 0 Å². The molecule has 4 rings (SSSR count). The summed E-state index contributed by atoms with van der Waals surface area (Å²) in [5.41, 5.74) is 2.18. The number of anilines is 1. The molecule has 148 valence electrons. The molecule has 2 aliphatic rings. The maximum atomic E-state index is 13.0. The van der Waals surface area contributed by atoms with Crippen LogP contribution in [0, 0.1) is 5.92 Å². The van der Waals surface area contributed by atoms with Gasteiger partial charge in [0, 0.05) is 43.8 Å². The van der Waals surface area contributed by atoms with Crippen molar-refractivity contribution in [1.29, 1.82) is 0 Å². The van der Waals surface area contributed by atoms with E-state index in [1.165, 1.54) is 12.8 Å². The molecular formula is C23H30N4O. The third-order valence-corrected chi connectivity index (χ3v) is 5.78. The topological polar surface area (TPSA) is 48.5 Å². The molecule has 1 N–H and O–H groups in total. The van der Waals surface area contributed by atoms with Crippen LogP contribution in [0.25, 0.3) is 0 Å². The molecular weight excluding hydrogens is 348 g/mol. The molecule has 28 heavy (non-hydrogen) atoms. The van der Waals surface area contributed by atoms with Gasteiger partial charge >= 0.3 is 0 Å². The van der Waals surface area contributed by atoms with Gasteiger partial charge < -0.3 is 15.1 Å². The summed E-state index contributed by atoms with van der Waals surface area (Å²) < 4.78 is 0. The standard InChI is InChI=1S/C23H30N4O/c28-23(26-13-10-21(11-14-26)25-16-19-8-9-19)18-27(22-6-2-1-3-7-22)17-20-5-4-12-24-15-20/h1-7,12,15,19,21,25H,8-11,13-14,16-18H2. The average molecular weight is 379 g/mol. The van der Waals surface area contributed by atoms with Crippen molar-refractivity contribution in [2.75, 3.05) is 31.1 Å². The summed E-state index contributed by atoms with van der Waals surface area (Å²) in [6, 6.07) is 14.8. The molecule has 5 heteroatoms. The van der Waals surface area contributed by atoms with Gasteiger partial charge in [-0.15, -0.1) is 0 Å². The predicted molar refractivity (Wildman–Crippen MR) is 112 cm³/mol. The van der Waals surface area contributed by atoms with E-state index in [-0.39, 0.29) is 5.91 Å². The number of benzene rings is 1. The van der Waals surface area contributed by atoms with Crippen molar-refractivity contribution in [2.45, 2.75) is 38.3 Å². The minimum Gasteiger partial charge on any atom is -0.358 e. The van der Waals surface area contributed by atoms with Gasteiger partial charge in [0.15, 0.2) is 0 Å². The van der Waals surface area contributed by atoms with E-state index in [0.29, 0.717) is 19.1 Å². The number of nitrogens with zero attached hydrogens (tertiary/aromatic N) is 3. The van der Waals surface area contributed by atoms with Crippen LogP contribution in [0.15, 0.2) is 54.9 Å². The van der Waals surface area contributed by atoms with Crippen molar-refractivity contribution in [2.24, 2.45) is 5.92 Å². The number of carbonyl (C=O) groups is 1. The number of rotatable bonds is 8. The predicted octanol–water partition coefficient (Wildman–Crippen LogP) is 3.08. The Bertz CT molecular complexity index is 740. The first kappa shape index (κ1) is 18.9. The van der Waals surface area contributed by atoms with Crippen molar-refractivity contribution >= 4 is 11.6 Å². The Balaban J connectivity index is 1.34. The zero-order valence-corrected chi connectivity index (χ0v) is 16.5. The SMILES string of the molecule is O=C(CN(Cc1cccnc1)c1ccccc1)N1CCC(NCC2CC2)CC1. The molecule has 0 spiro atoms. The highest BCUT2D eigenvalue weighted by Gasteiger charge is 2.26. The van der Waals surface area contributed by atoms with Crippen molar-refractivity contribution in [3.05, 3.63) is 60.4 Å². The molecule has 1 aromatic heterocycles. The first-order valence-corrected chi connectivity index (χ1v) is 10.5. The van der Waals surface area contributed by atoms with Crippen LogP contribution in [-0.4, -0.2) is 48.0 Å². The van der Waals surface area contributed by atoms with Crippen LogP contribution in [0.1, 0.15) is 31.2 Å². The summed E-state index contributed by atoms with van der Waals surface area (Å²) in [5.74, 6) is 1.12. The summed E-state index contributed by atoms with van der Waals surface area (Å²) in [4.78, 5) is 21.4. The molecule has 2 fully saturated rings. The molecule has 1 aliphatic carbocycles. The summed E-state index contributed by atoms with van der Waals surface area (Å²) >= 11 is 0. The van der Waals surface area contributed by atoms with E-state index >= 15 is 0 Å². The van der Waals surface area contributed by atoms with Crippen LogP contribution in [0.4, 0.5) is 5.69 Å². The van der Waals surface area contributed by atoms with E-state index < -0.39 is 0 Å². The molecule has 0 bridgehead atoms. The van der Waals surface area contributed by atoms with Gasteiger partial charge in [0.2, 0.25) is 5.91 Å². The van der Waals surface area contributed by atoms with Gasteiger partial charge in [-0.25, -0.2) is 0 Å². The minimum atomic E-state index is 0.216. The molecule has 2 heterocycles. The second kappa shape index (κ2) is 9.20. The first-order valence-electron chi connectivity index (χ1n) is 10.5. The second-order valence-corrected chi connectivity index (χ2v) is 8.06. The maximum Gasteiger partial charge on any atom is 0.242 e. The number of para-hydroxylation sites is 1. The van der Waals surface area contributed by atoms with Crippen molar-refractivity contribution in [3.8, 4) is 0 Å². The number of carbonyl (C=O) groups excluding carboxylic acids is 1. The van der Waals surface area contributed by atoms with E-state index in [4.69, 9.17) is 0 Å². The van der Waals surface area contributed by atoms with Crippen LogP contribution < -0.4 is 10.2 Å². The molecule has 1 aromatic carbocycles. The van der Waals surface area contributed by atoms with Gasteiger partial charge in [0.25, 0.3) is 0 Å². The van der Waals surface area contributed by atoms with Crippen molar-refractivity contribution in [3.63, 3.8) is 0 Å². The monoisotopic (exact) mass is 378 g/mol. The Labute approximate surface area is 167 Å². The highest BCUT2D eigenvalue weighted by atomic mass is 16.2. The Morgan fingerprint density at radius 2 is 1.86 bits per heavy atom. The third-order valence-electron chi connectivity index (χ3n) is 5.78. The quantitative estimate of drug-likeness (QED) is 0.767. The van der Waals surface area contributed by atoms with Gasteiger partial charge in [0.05, 0.1) is 6.54 Å². The fraction of sp³-hybridized carbons (Fsp3) is 0.478. The van der Waals surface area contributed by atoms with E-state index in [2.05, 4.69) is 33.4 Å². The number of piperidine rings is 1. The Kier molecular flexibility index (Phi) is 6.22. The van der Waals surface area contributed by atoms with Gasteiger partial charge in [-0.05, 0) is 61.9 Å². The largest absolute Gasteiger partial charge is 0.358 e. The van der Waals surface area contributed by atoms with E-state index in [9.17, 15) is 4.79 Å². The van der Waals surface area contributed by atoms with Crippen molar-refractivity contribution < 1.29 is 4.79 Å². The minimum absolute atomic E-state index is 0.216. The smallest absolute Gasteiger partial charge is 0.242 e. The fourth-order valence-corrected chi connectivity index (χ4v) is 3.84. The summed E-state index contributed by atoms with van der Waals surface area (Å²) in [6.45, 7) is 3.96. The zero-order valence-electron chi connectivity index (χ0n) is 16.5. The number of amides is 1. The molecule has 1 saturated heterocycles.